The molecule has 0 saturated carbocycles. The standard InChI is InChI=1S/C25H24ClN3O5/c1-25(2)33-15-20(22(34-25)24(32)28-17-8-6-16(26)7-9-17)23(31)27-18-10-12-19(13-11-18)29-14-4-3-5-21(29)30/h3-14,20,22H,15H2,1-2H3,(H,27,31)(H,28,32). The molecular formula is C25H24ClN3O5. The van der Waals surface area contributed by atoms with Gasteiger partial charge in [-0.1, -0.05) is 17.7 Å². The molecule has 0 radical (unpaired) electrons. The van der Waals surface area contributed by atoms with Crippen molar-refractivity contribution >= 4 is 34.8 Å². The molecule has 2 unspecified atom stereocenters. The van der Waals surface area contributed by atoms with Crippen LogP contribution in [0.25, 0.3) is 5.69 Å². The van der Waals surface area contributed by atoms with E-state index in [2.05, 4.69) is 10.6 Å². The second-order valence-corrected chi connectivity index (χ2v) is 8.73. The first-order chi connectivity index (χ1) is 16.2. The molecule has 0 spiro atoms. The number of carbonyl (C=O) groups excluding carboxylic acids is 2. The summed E-state index contributed by atoms with van der Waals surface area (Å²) in [6, 6.07) is 18.4. The van der Waals surface area contributed by atoms with Gasteiger partial charge in [-0.15, -0.1) is 0 Å². The average molecular weight is 482 g/mol. The van der Waals surface area contributed by atoms with Crippen LogP contribution in [0.3, 0.4) is 0 Å². The minimum absolute atomic E-state index is 0.00896. The second kappa shape index (κ2) is 9.80. The maximum Gasteiger partial charge on any atom is 0.255 e. The maximum absolute atomic E-state index is 13.1. The van der Waals surface area contributed by atoms with Crippen molar-refractivity contribution in [3.05, 3.63) is 88.3 Å². The Bertz CT molecular complexity index is 1240. The van der Waals surface area contributed by atoms with Gasteiger partial charge in [-0.05, 0) is 68.4 Å². The average Bonchev–Trinajstić information content (AvgIpc) is 2.81. The van der Waals surface area contributed by atoms with Gasteiger partial charge >= 0.3 is 0 Å². The van der Waals surface area contributed by atoms with Gasteiger partial charge in [-0.2, -0.15) is 0 Å². The molecule has 1 aliphatic rings. The molecule has 2 atom stereocenters. The summed E-state index contributed by atoms with van der Waals surface area (Å²) >= 11 is 5.90. The molecule has 1 aromatic heterocycles. The van der Waals surface area contributed by atoms with Crippen LogP contribution in [0, 0.1) is 5.92 Å². The Morgan fingerprint density at radius 1 is 0.941 bits per heavy atom. The molecule has 34 heavy (non-hydrogen) atoms. The Morgan fingerprint density at radius 2 is 1.56 bits per heavy atom. The first-order valence-electron chi connectivity index (χ1n) is 10.7. The van der Waals surface area contributed by atoms with E-state index in [1.165, 1.54) is 10.6 Å². The highest BCUT2D eigenvalue weighted by Gasteiger charge is 2.44. The Labute approximate surface area is 201 Å². The third kappa shape index (κ3) is 5.53. The van der Waals surface area contributed by atoms with Crippen LogP contribution in [0.2, 0.25) is 5.02 Å². The Hall–Kier alpha value is -3.46. The lowest BCUT2D eigenvalue weighted by Crippen LogP contribution is -2.54. The third-order valence-electron chi connectivity index (χ3n) is 5.33. The van der Waals surface area contributed by atoms with E-state index in [0.717, 1.165) is 0 Å². The lowest BCUT2D eigenvalue weighted by molar-refractivity contribution is -0.280. The van der Waals surface area contributed by atoms with E-state index in [1.807, 2.05) is 0 Å². The first kappa shape index (κ1) is 23.7. The number of nitrogens with zero attached hydrogens (tertiary/aromatic N) is 1. The van der Waals surface area contributed by atoms with Gasteiger partial charge in [0.2, 0.25) is 5.91 Å². The zero-order valence-corrected chi connectivity index (χ0v) is 19.4. The van der Waals surface area contributed by atoms with E-state index in [1.54, 1.807) is 80.7 Å². The van der Waals surface area contributed by atoms with Crippen molar-refractivity contribution in [3.63, 3.8) is 0 Å². The summed E-state index contributed by atoms with van der Waals surface area (Å²) in [6.45, 7) is 3.39. The van der Waals surface area contributed by atoms with Crippen molar-refractivity contribution in [1.82, 2.24) is 4.57 Å². The number of amides is 2. The zero-order chi connectivity index (χ0) is 24.3. The molecule has 1 fully saturated rings. The van der Waals surface area contributed by atoms with Gasteiger partial charge in [0.25, 0.3) is 11.5 Å². The fourth-order valence-electron chi connectivity index (χ4n) is 3.58. The van der Waals surface area contributed by atoms with Crippen LogP contribution in [0.15, 0.2) is 77.7 Å². The number of benzene rings is 2. The van der Waals surface area contributed by atoms with Crippen molar-refractivity contribution < 1.29 is 19.1 Å². The van der Waals surface area contributed by atoms with E-state index in [4.69, 9.17) is 21.1 Å². The topological polar surface area (TPSA) is 98.7 Å². The molecule has 2 N–H and O–H groups in total. The van der Waals surface area contributed by atoms with Crippen molar-refractivity contribution in [2.45, 2.75) is 25.7 Å². The van der Waals surface area contributed by atoms with Gasteiger partial charge in [-0.3, -0.25) is 19.0 Å². The molecular weight excluding hydrogens is 458 g/mol. The van der Waals surface area contributed by atoms with E-state index < -0.39 is 29.6 Å². The number of pyridine rings is 1. The van der Waals surface area contributed by atoms with Gasteiger partial charge in [0.15, 0.2) is 11.9 Å². The SMILES string of the molecule is CC1(C)OCC(C(=O)Nc2ccc(-n3ccccc3=O)cc2)C(C(=O)Nc2ccc(Cl)cc2)O1. The molecule has 0 bridgehead atoms. The molecule has 2 aromatic carbocycles. The summed E-state index contributed by atoms with van der Waals surface area (Å²) in [6.07, 6.45) is 0.597. The molecule has 2 amide bonds. The molecule has 9 heteroatoms. The molecule has 1 aliphatic heterocycles. The number of anilines is 2. The lowest BCUT2D eigenvalue weighted by atomic mass is 9.98. The Balaban J connectivity index is 1.48. The summed E-state index contributed by atoms with van der Waals surface area (Å²) in [7, 11) is 0. The van der Waals surface area contributed by atoms with Crippen molar-refractivity contribution in [2.24, 2.45) is 5.92 Å². The van der Waals surface area contributed by atoms with Crippen LogP contribution < -0.4 is 16.2 Å². The molecule has 2 heterocycles. The number of hydrogen-bond acceptors (Lipinski definition) is 5. The Kier molecular flexibility index (Phi) is 6.83. The highest BCUT2D eigenvalue weighted by Crippen LogP contribution is 2.28. The highest BCUT2D eigenvalue weighted by molar-refractivity contribution is 6.30. The zero-order valence-electron chi connectivity index (χ0n) is 18.7. The molecule has 1 saturated heterocycles. The largest absolute Gasteiger partial charge is 0.350 e. The molecule has 8 nitrogen and oxygen atoms in total. The van der Waals surface area contributed by atoms with Crippen LogP contribution in [-0.4, -0.2) is 34.9 Å². The minimum atomic E-state index is -1.07. The molecule has 4 rings (SSSR count). The number of nitrogens with one attached hydrogen (secondary N) is 2. The van der Waals surface area contributed by atoms with Crippen molar-refractivity contribution in [2.75, 3.05) is 17.2 Å². The van der Waals surface area contributed by atoms with Crippen LogP contribution in [0.4, 0.5) is 11.4 Å². The van der Waals surface area contributed by atoms with E-state index >= 15 is 0 Å². The first-order valence-corrected chi connectivity index (χ1v) is 11.1. The maximum atomic E-state index is 13.1. The van der Waals surface area contributed by atoms with E-state index in [9.17, 15) is 14.4 Å². The normalized spacial score (nSPS) is 19.3. The van der Waals surface area contributed by atoms with Gasteiger partial charge in [-0.25, -0.2) is 0 Å². The number of halogens is 1. The van der Waals surface area contributed by atoms with Gasteiger partial charge in [0.05, 0.1) is 12.5 Å². The van der Waals surface area contributed by atoms with Crippen molar-refractivity contribution in [1.29, 1.82) is 0 Å². The fraction of sp³-hybridized carbons (Fsp3) is 0.240. The van der Waals surface area contributed by atoms with Gasteiger partial charge < -0.3 is 20.1 Å². The summed E-state index contributed by atoms with van der Waals surface area (Å²) in [5.74, 6) is -2.78. The second-order valence-electron chi connectivity index (χ2n) is 8.30. The monoisotopic (exact) mass is 481 g/mol. The molecule has 176 valence electrons. The lowest BCUT2D eigenvalue weighted by Gasteiger charge is -2.39. The van der Waals surface area contributed by atoms with E-state index in [0.29, 0.717) is 22.1 Å². The molecule has 0 aliphatic carbocycles. The summed E-state index contributed by atoms with van der Waals surface area (Å²) in [5, 5.41) is 6.11. The smallest absolute Gasteiger partial charge is 0.255 e. The number of carbonyl (C=O) groups is 2. The number of ether oxygens (including phenoxy) is 2. The predicted octanol–water partition coefficient (Wildman–Crippen LogP) is 3.84. The third-order valence-corrected chi connectivity index (χ3v) is 5.58. The van der Waals surface area contributed by atoms with Crippen molar-refractivity contribution in [3.8, 4) is 5.69 Å². The van der Waals surface area contributed by atoms with Crippen LogP contribution >= 0.6 is 11.6 Å². The van der Waals surface area contributed by atoms with Crippen LogP contribution in [0.5, 0.6) is 0 Å². The van der Waals surface area contributed by atoms with Crippen LogP contribution in [-0.2, 0) is 19.1 Å². The minimum Gasteiger partial charge on any atom is -0.350 e. The summed E-state index contributed by atoms with van der Waals surface area (Å²) in [4.78, 5) is 38.1. The highest BCUT2D eigenvalue weighted by atomic mass is 35.5. The quantitative estimate of drug-likeness (QED) is 0.577. The van der Waals surface area contributed by atoms with E-state index in [-0.39, 0.29) is 12.2 Å². The summed E-state index contributed by atoms with van der Waals surface area (Å²) in [5.41, 5.74) is 1.55. The fourth-order valence-corrected chi connectivity index (χ4v) is 3.70. The van der Waals surface area contributed by atoms with Gasteiger partial charge in [0, 0.05) is 34.3 Å². The molecule has 3 aromatic rings. The Morgan fingerprint density at radius 3 is 2.21 bits per heavy atom. The van der Waals surface area contributed by atoms with Crippen LogP contribution in [0.1, 0.15) is 13.8 Å². The van der Waals surface area contributed by atoms with Gasteiger partial charge in [0.1, 0.15) is 0 Å². The number of aromatic nitrogens is 1. The predicted molar refractivity (Wildman–Crippen MR) is 129 cm³/mol. The number of rotatable bonds is 5. The summed E-state index contributed by atoms with van der Waals surface area (Å²) < 4.78 is 13.0. The number of hydrogen-bond donors (Lipinski definition) is 2.